The lowest BCUT2D eigenvalue weighted by atomic mass is 10.0. The highest BCUT2D eigenvalue weighted by atomic mass is 32.2. The first-order chi connectivity index (χ1) is 14.7. The topological polar surface area (TPSA) is 30.7 Å². The van der Waals surface area contributed by atoms with E-state index < -0.39 is 0 Å². The molecule has 0 spiro atoms. The Morgan fingerprint density at radius 1 is 0.733 bits per heavy atom. The van der Waals surface area contributed by atoms with Gasteiger partial charge in [-0.3, -0.25) is 4.57 Å². The number of aryl methyl sites for hydroxylation is 1. The van der Waals surface area contributed by atoms with Crippen molar-refractivity contribution in [3.8, 4) is 5.69 Å². The van der Waals surface area contributed by atoms with Crippen LogP contribution in [-0.4, -0.2) is 14.8 Å². The Balaban J connectivity index is 1.75. The molecule has 1 aromatic heterocycles. The van der Waals surface area contributed by atoms with Crippen LogP contribution in [0.25, 0.3) is 5.69 Å². The Labute approximate surface area is 183 Å². The molecule has 30 heavy (non-hydrogen) atoms. The third-order valence-corrected chi connectivity index (χ3v) is 6.52. The molecule has 3 nitrogen and oxygen atoms in total. The maximum atomic E-state index is 4.59. The molecule has 4 aromatic rings. The van der Waals surface area contributed by atoms with Crippen molar-refractivity contribution in [3.63, 3.8) is 0 Å². The van der Waals surface area contributed by atoms with Gasteiger partial charge in [-0.25, -0.2) is 0 Å². The van der Waals surface area contributed by atoms with Crippen LogP contribution in [0.15, 0.2) is 90.1 Å². The molecule has 0 N–H and O–H groups in total. The maximum absolute atomic E-state index is 4.59. The lowest BCUT2D eigenvalue weighted by Crippen LogP contribution is -2.04. The number of hydrogen-bond acceptors (Lipinski definition) is 3. The minimum Gasteiger partial charge on any atom is -0.274 e. The summed E-state index contributed by atoms with van der Waals surface area (Å²) in [6.07, 6.45) is 0.834. The van der Waals surface area contributed by atoms with Crippen molar-refractivity contribution in [3.05, 3.63) is 107 Å². The molecule has 0 atom stereocenters. The summed E-state index contributed by atoms with van der Waals surface area (Å²) in [6.45, 7) is 6.57. The summed E-state index contributed by atoms with van der Waals surface area (Å²) >= 11 is 1.75. The van der Waals surface area contributed by atoms with Crippen molar-refractivity contribution < 1.29 is 0 Å². The largest absolute Gasteiger partial charge is 0.274 e. The molecule has 0 fully saturated rings. The van der Waals surface area contributed by atoms with Gasteiger partial charge in [-0.2, -0.15) is 0 Å². The molecule has 0 aliphatic heterocycles. The van der Waals surface area contributed by atoms with E-state index in [1.165, 1.54) is 16.7 Å². The number of rotatable bonds is 7. The summed E-state index contributed by atoms with van der Waals surface area (Å²) < 4.78 is 2.20. The second-order valence-corrected chi connectivity index (χ2v) is 8.73. The van der Waals surface area contributed by atoms with E-state index in [9.17, 15) is 0 Å². The van der Waals surface area contributed by atoms with E-state index in [1.54, 1.807) is 11.8 Å². The Morgan fingerprint density at radius 2 is 1.30 bits per heavy atom. The highest BCUT2D eigenvalue weighted by molar-refractivity contribution is 7.99. The van der Waals surface area contributed by atoms with E-state index in [2.05, 4.69) is 120 Å². The second-order valence-electron chi connectivity index (χ2n) is 7.65. The minimum atomic E-state index is 0.148. The average molecular weight is 414 g/mol. The molecule has 0 aliphatic carbocycles. The third-order valence-electron chi connectivity index (χ3n) is 5.26. The molecule has 3 aromatic carbocycles. The van der Waals surface area contributed by atoms with Crippen LogP contribution >= 0.6 is 11.8 Å². The molecule has 1 heterocycles. The zero-order chi connectivity index (χ0) is 20.9. The molecule has 0 unspecified atom stereocenters. The van der Waals surface area contributed by atoms with Crippen molar-refractivity contribution in [2.24, 2.45) is 0 Å². The van der Waals surface area contributed by atoms with E-state index in [4.69, 9.17) is 0 Å². The van der Waals surface area contributed by atoms with Crippen molar-refractivity contribution in [2.45, 2.75) is 43.5 Å². The maximum Gasteiger partial charge on any atom is 0.196 e. The quantitative estimate of drug-likeness (QED) is 0.311. The zero-order valence-electron chi connectivity index (χ0n) is 17.7. The Kier molecular flexibility index (Phi) is 6.34. The van der Waals surface area contributed by atoms with Gasteiger partial charge in [0.2, 0.25) is 0 Å². The van der Waals surface area contributed by atoms with Crippen LogP contribution in [-0.2, 0) is 6.42 Å². The van der Waals surface area contributed by atoms with Gasteiger partial charge >= 0.3 is 0 Å². The number of benzene rings is 3. The summed E-state index contributed by atoms with van der Waals surface area (Å²) in [5, 5.41) is 10.2. The van der Waals surface area contributed by atoms with Gasteiger partial charge in [-0.05, 0) is 34.7 Å². The molecule has 0 radical (unpaired) electrons. The Bertz CT molecular complexity index is 1030. The van der Waals surface area contributed by atoms with Gasteiger partial charge in [0.05, 0.1) is 5.25 Å². The van der Waals surface area contributed by atoms with Crippen LogP contribution in [0.4, 0.5) is 0 Å². The molecule has 0 saturated carbocycles. The lowest BCUT2D eigenvalue weighted by molar-refractivity contribution is 0.827. The number of hydrogen-bond donors (Lipinski definition) is 0. The van der Waals surface area contributed by atoms with Crippen LogP contribution in [0.3, 0.4) is 0 Å². The van der Waals surface area contributed by atoms with Gasteiger partial charge in [0.25, 0.3) is 0 Å². The van der Waals surface area contributed by atoms with Crippen molar-refractivity contribution in [1.82, 2.24) is 14.8 Å². The van der Waals surface area contributed by atoms with Crippen molar-refractivity contribution >= 4 is 11.8 Å². The Morgan fingerprint density at radius 3 is 1.80 bits per heavy atom. The third kappa shape index (κ3) is 4.34. The van der Waals surface area contributed by atoms with E-state index >= 15 is 0 Å². The SMILES string of the molecule is CCc1nnc(SC(c2ccccc2)c2ccccc2)n1-c1ccc(C(C)C)cc1. The number of aromatic nitrogens is 3. The molecule has 152 valence electrons. The highest BCUT2D eigenvalue weighted by Gasteiger charge is 2.21. The van der Waals surface area contributed by atoms with E-state index in [0.717, 1.165) is 23.1 Å². The fourth-order valence-corrected chi connectivity index (χ4v) is 4.76. The van der Waals surface area contributed by atoms with E-state index in [-0.39, 0.29) is 5.25 Å². The van der Waals surface area contributed by atoms with Crippen molar-refractivity contribution in [1.29, 1.82) is 0 Å². The molecule has 4 rings (SSSR count). The van der Waals surface area contributed by atoms with Crippen LogP contribution in [0.1, 0.15) is 54.5 Å². The Hall–Kier alpha value is -2.85. The first-order valence-corrected chi connectivity index (χ1v) is 11.4. The van der Waals surface area contributed by atoms with Crippen molar-refractivity contribution in [2.75, 3.05) is 0 Å². The van der Waals surface area contributed by atoms with E-state index in [1.807, 2.05) is 0 Å². The van der Waals surface area contributed by atoms with Gasteiger partial charge in [-0.1, -0.05) is 105 Å². The van der Waals surface area contributed by atoms with E-state index in [0.29, 0.717) is 5.92 Å². The molecule has 4 heteroatoms. The molecular formula is C26H27N3S. The van der Waals surface area contributed by atoms with Gasteiger partial charge in [0, 0.05) is 12.1 Å². The van der Waals surface area contributed by atoms with Gasteiger partial charge in [-0.15, -0.1) is 10.2 Å². The molecule has 0 bridgehead atoms. The van der Waals surface area contributed by atoms with Gasteiger partial charge < -0.3 is 0 Å². The average Bonchev–Trinajstić information content (AvgIpc) is 3.21. The van der Waals surface area contributed by atoms with Gasteiger partial charge in [0.15, 0.2) is 5.16 Å². The fourth-order valence-electron chi connectivity index (χ4n) is 3.56. The second kappa shape index (κ2) is 9.31. The monoisotopic (exact) mass is 413 g/mol. The summed E-state index contributed by atoms with van der Waals surface area (Å²) in [7, 11) is 0. The fraction of sp³-hybridized carbons (Fsp3) is 0.231. The molecular weight excluding hydrogens is 386 g/mol. The number of nitrogens with zero attached hydrogens (tertiary/aromatic N) is 3. The first kappa shape index (κ1) is 20.4. The van der Waals surface area contributed by atoms with Crippen LogP contribution < -0.4 is 0 Å². The number of thioether (sulfide) groups is 1. The lowest BCUT2D eigenvalue weighted by Gasteiger charge is -2.18. The molecule has 0 saturated heterocycles. The van der Waals surface area contributed by atoms with Gasteiger partial charge in [0.1, 0.15) is 5.82 Å². The standard InChI is InChI=1S/C26H27N3S/c1-4-24-27-28-26(29(24)23-17-15-20(16-18-23)19(2)3)30-25(21-11-7-5-8-12-21)22-13-9-6-10-14-22/h5-19,25H,4H2,1-3H3. The normalized spacial score (nSPS) is 11.4. The smallest absolute Gasteiger partial charge is 0.196 e. The van der Waals surface area contributed by atoms with Crippen LogP contribution in [0, 0.1) is 0 Å². The molecule has 0 amide bonds. The summed E-state index contributed by atoms with van der Waals surface area (Å²) in [5.41, 5.74) is 4.97. The summed E-state index contributed by atoms with van der Waals surface area (Å²) in [5.74, 6) is 1.50. The summed E-state index contributed by atoms with van der Waals surface area (Å²) in [4.78, 5) is 0. The first-order valence-electron chi connectivity index (χ1n) is 10.5. The minimum absolute atomic E-state index is 0.148. The molecule has 0 aliphatic rings. The zero-order valence-corrected chi connectivity index (χ0v) is 18.5. The van der Waals surface area contributed by atoms with Crippen LogP contribution in [0.5, 0.6) is 0 Å². The predicted octanol–water partition coefficient (Wildman–Crippen LogP) is 6.83. The summed E-state index contributed by atoms with van der Waals surface area (Å²) in [6, 6.07) is 30.0. The predicted molar refractivity (Wildman–Crippen MR) is 125 cm³/mol. The highest BCUT2D eigenvalue weighted by Crippen LogP contribution is 2.40. The van der Waals surface area contributed by atoms with Crippen LogP contribution in [0.2, 0.25) is 0 Å².